The summed E-state index contributed by atoms with van der Waals surface area (Å²) in [6, 6.07) is 4.85. The van der Waals surface area contributed by atoms with Crippen molar-refractivity contribution in [3.05, 3.63) is 28.8 Å². The van der Waals surface area contributed by atoms with Crippen molar-refractivity contribution >= 4 is 0 Å². The number of rotatable bonds is 5. The van der Waals surface area contributed by atoms with Crippen LogP contribution >= 0.6 is 0 Å². The van der Waals surface area contributed by atoms with Crippen molar-refractivity contribution in [2.45, 2.75) is 84.0 Å². The number of fused-ring (bicyclic) bond motifs is 3. The van der Waals surface area contributed by atoms with E-state index < -0.39 is 0 Å². The second-order valence-corrected chi connectivity index (χ2v) is 10.7. The zero-order chi connectivity index (χ0) is 21.5. The van der Waals surface area contributed by atoms with E-state index in [0.29, 0.717) is 5.92 Å². The predicted octanol–water partition coefficient (Wildman–Crippen LogP) is 4.96. The molecule has 0 aromatic heterocycles. The Morgan fingerprint density at radius 1 is 1.10 bits per heavy atom. The molecular formula is C26H41NO3. The summed E-state index contributed by atoms with van der Waals surface area (Å²) in [5.41, 5.74) is 4.89. The number of hydrogen-bond acceptors (Lipinski definition) is 4. The molecular weight excluding hydrogens is 374 g/mol. The fourth-order valence-electron chi connectivity index (χ4n) is 7.15. The molecule has 1 aliphatic heterocycles. The van der Waals surface area contributed by atoms with Gasteiger partial charge in [-0.25, -0.2) is 0 Å². The third kappa shape index (κ3) is 3.91. The highest BCUT2D eigenvalue weighted by Crippen LogP contribution is 2.57. The van der Waals surface area contributed by atoms with E-state index in [1.165, 1.54) is 43.2 Å². The van der Waals surface area contributed by atoms with Crippen LogP contribution in [-0.2, 0) is 27.9 Å². The smallest absolute Gasteiger partial charge is 0.123 e. The zero-order valence-corrected chi connectivity index (χ0v) is 19.9. The Morgan fingerprint density at radius 2 is 1.83 bits per heavy atom. The third-order valence-electron chi connectivity index (χ3n) is 8.24. The normalized spacial score (nSPS) is 36.8. The molecule has 1 saturated carbocycles. The fourth-order valence-corrected chi connectivity index (χ4v) is 7.15. The summed E-state index contributed by atoms with van der Waals surface area (Å²) in [4.78, 5) is 2.52. The van der Waals surface area contributed by atoms with Gasteiger partial charge >= 0.3 is 0 Å². The third-order valence-corrected chi connectivity index (χ3v) is 8.24. The topological polar surface area (TPSA) is 30.9 Å². The van der Waals surface area contributed by atoms with Crippen LogP contribution in [0.15, 0.2) is 12.1 Å². The standard InChI is InChI=1S/C26H41NO3/c1-18-14-27(15-19(2)30-18)16-21-12-20-8-9-24-25(3,17-28-5)10-7-11-26(24,4)22(20)13-23(21)29-6/h12-13,18-19,24H,7-11,14-17H2,1-6H3/t18-,19-,24-,25+,26+/m0/s1. The number of aryl methyl sites for hydroxylation is 1. The lowest BCUT2D eigenvalue weighted by Gasteiger charge is -2.55. The maximum absolute atomic E-state index is 5.95. The molecule has 0 amide bonds. The molecule has 2 aliphatic carbocycles. The fraction of sp³-hybridized carbons (Fsp3) is 0.769. The van der Waals surface area contributed by atoms with Gasteiger partial charge < -0.3 is 14.2 Å². The first-order valence-electron chi connectivity index (χ1n) is 11.9. The van der Waals surface area contributed by atoms with Gasteiger partial charge in [0.2, 0.25) is 0 Å². The van der Waals surface area contributed by atoms with Crippen LogP contribution in [0.5, 0.6) is 5.75 Å². The zero-order valence-electron chi connectivity index (χ0n) is 19.9. The molecule has 0 unspecified atom stereocenters. The van der Waals surface area contributed by atoms with Gasteiger partial charge in [-0.15, -0.1) is 0 Å². The molecule has 2 fully saturated rings. The molecule has 0 bridgehead atoms. The minimum atomic E-state index is 0.215. The Bertz CT molecular complexity index is 751. The minimum Gasteiger partial charge on any atom is -0.496 e. The van der Waals surface area contributed by atoms with Crippen molar-refractivity contribution in [1.82, 2.24) is 4.90 Å². The summed E-state index contributed by atoms with van der Waals surface area (Å²) in [6.45, 7) is 13.1. The number of benzene rings is 1. The molecule has 3 aliphatic rings. The van der Waals surface area contributed by atoms with E-state index in [0.717, 1.165) is 32.0 Å². The molecule has 4 rings (SSSR count). The summed E-state index contributed by atoms with van der Waals surface area (Å²) < 4.78 is 17.6. The van der Waals surface area contributed by atoms with E-state index in [4.69, 9.17) is 14.2 Å². The summed E-state index contributed by atoms with van der Waals surface area (Å²) in [5, 5.41) is 0. The Kier molecular flexibility index (Phi) is 6.22. The maximum Gasteiger partial charge on any atom is 0.123 e. The van der Waals surface area contributed by atoms with E-state index in [2.05, 4.69) is 44.7 Å². The van der Waals surface area contributed by atoms with Crippen LogP contribution in [0, 0.1) is 11.3 Å². The van der Waals surface area contributed by atoms with Crippen LogP contribution < -0.4 is 4.74 Å². The van der Waals surface area contributed by atoms with Crippen LogP contribution in [0.2, 0.25) is 0 Å². The molecule has 168 valence electrons. The van der Waals surface area contributed by atoms with Gasteiger partial charge in [0.05, 0.1) is 25.9 Å². The first-order chi connectivity index (χ1) is 14.3. The van der Waals surface area contributed by atoms with Gasteiger partial charge in [0.15, 0.2) is 0 Å². The molecule has 1 aromatic rings. The Balaban J connectivity index is 1.65. The van der Waals surface area contributed by atoms with Gasteiger partial charge in [-0.05, 0) is 73.5 Å². The van der Waals surface area contributed by atoms with Crippen LogP contribution in [0.1, 0.15) is 70.1 Å². The molecule has 5 atom stereocenters. The van der Waals surface area contributed by atoms with Crippen LogP contribution in [0.3, 0.4) is 0 Å². The van der Waals surface area contributed by atoms with Gasteiger partial charge in [-0.2, -0.15) is 0 Å². The van der Waals surface area contributed by atoms with E-state index in [1.54, 1.807) is 5.56 Å². The highest BCUT2D eigenvalue weighted by Gasteiger charge is 2.51. The van der Waals surface area contributed by atoms with Crippen LogP contribution in [0.4, 0.5) is 0 Å². The van der Waals surface area contributed by atoms with Crippen molar-refractivity contribution in [2.75, 3.05) is 33.9 Å². The monoisotopic (exact) mass is 415 g/mol. The highest BCUT2D eigenvalue weighted by atomic mass is 16.5. The van der Waals surface area contributed by atoms with Crippen molar-refractivity contribution in [1.29, 1.82) is 0 Å². The van der Waals surface area contributed by atoms with Crippen molar-refractivity contribution in [3.8, 4) is 5.75 Å². The Labute approximate surface area is 183 Å². The predicted molar refractivity (Wildman–Crippen MR) is 121 cm³/mol. The van der Waals surface area contributed by atoms with E-state index in [-0.39, 0.29) is 23.0 Å². The van der Waals surface area contributed by atoms with Crippen LogP contribution in [0.25, 0.3) is 0 Å². The van der Waals surface area contributed by atoms with Crippen molar-refractivity contribution in [2.24, 2.45) is 11.3 Å². The Hall–Kier alpha value is -1.10. The van der Waals surface area contributed by atoms with E-state index in [1.807, 2.05) is 14.2 Å². The SMILES string of the molecule is COC[C@@]1(C)CCC[C@]2(C)c3cc(OC)c(CN4C[C@H](C)O[C@@H](C)C4)cc3CC[C@@H]12. The molecule has 0 radical (unpaired) electrons. The van der Waals surface area contributed by atoms with E-state index >= 15 is 0 Å². The highest BCUT2D eigenvalue weighted by molar-refractivity contribution is 5.48. The van der Waals surface area contributed by atoms with Gasteiger partial charge in [0.1, 0.15) is 5.75 Å². The van der Waals surface area contributed by atoms with E-state index in [9.17, 15) is 0 Å². The lowest BCUT2D eigenvalue weighted by atomic mass is 9.50. The van der Waals surface area contributed by atoms with Gasteiger partial charge in [-0.3, -0.25) is 4.90 Å². The second kappa shape index (κ2) is 8.44. The summed E-state index contributed by atoms with van der Waals surface area (Å²) >= 11 is 0. The lowest BCUT2D eigenvalue weighted by molar-refractivity contribution is -0.0706. The number of methoxy groups -OCH3 is 2. The van der Waals surface area contributed by atoms with Gasteiger partial charge in [0.25, 0.3) is 0 Å². The van der Waals surface area contributed by atoms with Gasteiger partial charge in [0, 0.05) is 32.3 Å². The first-order valence-corrected chi connectivity index (χ1v) is 11.9. The quantitative estimate of drug-likeness (QED) is 0.680. The number of morpholine rings is 1. The summed E-state index contributed by atoms with van der Waals surface area (Å²) in [5.74, 6) is 1.73. The molecule has 4 heteroatoms. The van der Waals surface area contributed by atoms with Gasteiger partial charge in [-0.1, -0.05) is 26.3 Å². The minimum absolute atomic E-state index is 0.215. The molecule has 1 saturated heterocycles. The van der Waals surface area contributed by atoms with Crippen molar-refractivity contribution < 1.29 is 14.2 Å². The first kappa shape index (κ1) is 22.1. The molecule has 30 heavy (non-hydrogen) atoms. The average molecular weight is 416 g/mol. The van der Waals surface area contributed by atoms with Crippen LogP contribution in [-0.4, -0.2) is 51.0 Å². The molecule has 1 heterocycles. The number of hydrogen-bond donors (Lipinski definition) is 0. The summed E-state index contributed by atoms with van der Waals surface area (Å²) in [6.07, 6.45) is 6.84. The largest absolute Gasteiger partial charge is 0.496 e. The average Bonchev–Trinajstić information content (AvgIpc) is 2.66. The molecule has 0 spiro atoms. The molecule has 1 aromatic carbocycles. The molecule has 4 nitrogen and oxygen atoms in total. The van der Waals surface area contributed by atoms with Crippen molar-refractivity contribution in [3.63, 3.8) is 0 Å². The lowest BCUT2D eigenvalue weighted by Crippen LogP contribution is -2.50. The molecule has 0 N–H and O–H groups in total. The number of ether oxygens (including phenoxy) is 3. The Morgan fingerprint density at radius 3 is 2.50 bits per heavy atom. The summed E-state index contributed by atoms with van der Waals surface area (Å²) in [7, 11) is 3.69. The second-order valence-electron chi connectivity index (χ2n) is 10.7. The number of nitrogens with zero attached hydrogens (tertiary/aromatic N) is 1. The maximum atomic E-state index is 5.95.